The SMILES string of the molecule is Cc1noc(Cc2ccccc2NC(=O)c2cc(Cl)ccc2Cl)n1. The topological polar surface area (TPSA) is 68.0 Å². The third kappa shape index (κ3) is 3.75. The molecule has 1 heterocycles. The third-order valence-corrected chi connectivity index (χ3v) is 3.91. The molecule has 0 spiro atoms. The number of aromatic nitrogens is 2. The van der Waals surface area contributed by atoms with Crippen molar-refractivity contribution in [1.82, 2.24) is 10.1 Å². The van der Waals surface area contributed by atoms with Crippen molar-refractivity contribution < 1.29 is 9.32 Å². The van der Waals surface area contributed by atoms with Gasteiger partial charge in [0.15, 0.2) is 5.82 Å². The number of hydrogen-bond donors (Lipinski definition) is 1. The van der Waals surface area contributed by atoms with Gasteiger partial charge in [0.2, 0.25) is 5.89 Å². The lowest BCUT2D eigenvalue weighted by molar-refractivity contribution is 0.102. The monoisotopic (exact) mass is 361 g/mol. The second-order valence-electron chi connectivity index (χ2n) is 5.15. The Morgan fingerprint density at radius 2 is 2.00 bits per heavy atom. The molecule has 24 heavy (non-hydrogen) atoms. The fourth-order valence-electron chi connectivity index (χ4n) is 2.23. The van der Waals surface area contributed by atoms with Crippen LogP contribution in [-0.2, 0) is 6.42 Å². The van der Waals surface area contributed by atoms with Gasteiger partial charge in [0.1, 0.15) is 0 Å². The van der Waals surface area contributed by atoms with Gasteiger partial charge in [-0.15, -0.1) is 0 Å². The molecule has 1 aromatic heterocycles. The van der Waals surface area contributed by atoms with E-state index in [9.17, 15) is 4.79 Å². The van der Waals surface area contributed by atoms with Gasteiger partial charge < -0.3 is 9.84 Å². The number of carbonyl (C=O) groups is 1. The van der Waals surface area contributed by atoms with Crippen LogP contribution in [0.3, 0.4) is 0 Å². The fraction of sp³-hybridized carbons (Fsp3) is 0.118. The summed E-state index contributed by atoms with van der Waals surface area (Å²) in [7, 11) is 0. The quantitative estimate of drug-likeness (QED) is 0.741. The molecule has 2 aromatic carbocycles. The normalized spacial score (nSPS) is 10.6. The Morgan fingerprint density at radius 1 is 1.21 bits per heavy atom. The van der Waals surface area contributed by atoms with Crippen molar-refractivity contribution in [3.8, 4) is 0 Å². The average Bonchev–Trinajstić information content (AvgIpc) is 2.96. The van der Waals surface area contributed by atoms with Crippen LogP contribution in [0.4, 0.5) is 5.69 Å². The minimum absolute atomic E-state index is 0.313. The maximum absolute atomic E-state index is 12.5. The van der Waals surface area contributed by atoms with Crippen molar-refractivity contribution in [3.63, 3.8) is 0 Å². The zero-order valence-electron chi connectivity index (χ0n) is 12.7. The van der Waals surface area contributed by atoms with E-state index in [1.807, 2.05) is 18.2 Å². The minimum Gasteiger partial charge on any atom is -0.339 e. The summed E-state index contributed by atoms with van der Waals surface area (Å²) in [5.41, 5.74) is 1.81. The third-order valence-electron chi connectivity index (χ3n) is 3.35. The summed E-state index contributed by atoms with van der Waals surface area (Å²) in [5, 5.41) is 7.40. The van der Waals surface area contributed by atoms with E-state index in [0.29, 0.717) is 39.4 Å². The first-order chi connectivity index (χ1) is 11.5. The molecule has 0 saturated heterocycles. The van der Waals surface area contributed by atoms with Gasteiger partial charge in [-0.3, -0.25) is 4.79 Å². The molecule has 0 fully saturated rings. The number of anilines is 1. The summed E-state index contributed by atoms with van der Waals surface area (Å²) in [6.07, 6.45) is 0.417. The van der Waals surface area contributed by atoms with E-state index in [1.165, 1.54) is 6.07 Å². The Labute approximate surface area is 148 Å². The molecule has 0 radical (unpaired) electrons. The largest absolute Gasteiger partial charge is 0.339 e. The summed E-state index contributed by atoms with van der Waals surface area (Å²) in [6.45, 7) is 1.75. The molecular weight excluding hydrogens is 349 g/mol. The number of aryl methyl sites for hydroxylation is 1. The number of benzene rings is 2. The summed E-state index contributed by atoms with van der Waals surface area (Å²) in [4.78, 5) is 16.7. The van der Waals surface area contributed by atoms with Gasteiger partial charge in [-0.1, -0.05) is 46.6 Å². The van der Waals surface area contributed by atoms with Crippen LogP contribution in [0, 0.1) is 6.92 Å². The van der Waals surface area contributed by atoms with Crippen LogP contribution >= 0.6 is 23.2 Å². The first-order valence-electron chi connectivity index (χ1n) is 7.16. The van der Waals surface area contributed by atoms with Crippen molar-refractivity contribution in [3.05, 3.63) is 75.4 Å². The second kappa shape index (κ2) is 7.03. The zero-order valence-corrected chi connectivity index (χ0v) is 14.2. The number of rotatable bonds is 4. The highest BCUT2D eigenvalue weighted by Gasteiger charge is 2.14. The highest BCUT2D eigenvalue weighted by Crippen LogP contribution is 2.24. The lowest BCUT2D eigenvalue weighted by Crippen LogP contribution is -2.14. The van der Waals surface area contributed by atoms with E-state index >= 15 is 0 Å². The van der Waals surface area contributed by atoms with Gasteiger partial charge in [0.05, 0.1) is 17.0 Å². The molecule has 0 aliphatic rings. The van der Waals surface area contributed by atoms with Crippen molar-refractivity contribution >= 4 is 34.8 Å². The number of halogens is 2. The van der Waals surface area contributed by atoms with Crippen molar-refractivity contribution in [1.29, 1.82) is 0 Å². The van der Waals surface area contributed by atoms with E-state index in [-0.39, 0.29) is 5.91 Å². The minimum atomic E-state index is -0.336. The Balaban J connectivity index is 1.85. The number of hydrogen-bond acceptors (Lipinski definition) is 4. The molecule has 122 valence electrons. The van der Waals surface area contributed by atoms with Crippen LogP contribution in [-0.4, -0.2) is 16.0 Å². The lowest BCUT2D eigenvalue weighted by atomic mass is 10.1. The molecular formula is C17H13Cl2N3O2. The number of nitrogens with one attached hydrogen (secondary N) is 1. The molecule has 3 aromatic rings. The molecule has 0 saturated carbocycles. The maximum atomic E-state index is 12.5. The van der Waals surface area contributed by atoms with Crippen molar-refractivity contribution in [2.45, 2.75) is 13.3 Å². The second-order valence-corrected chi connectivity index (χ2v) is 5.99. The van der Waals surface area contributed by atoms with Gasteiger partial charge in [-0.05, 0) is 36.8 Å². The van der Waals surface area contributed by atoms with Crippen LogP contribution in [0.5, 0.6) is 0 Å². The van der Waals surface area contributed by atoms with Gasteiger partial charge in [0, 0.05) is 10.7 Å². The standard InChI is InChI=1S/C17H13Cl2N3O2/c1-10-20-16(24-22-10)8-11-4-2-3-5-15(11)21-17(23)13-9-12(18)6-7-14(13)19/h2-7,9H,8H2,1H3,(H,21,23). The Hall–Kier alpha value is -2.37. The van der Waals surface area contributed by atoms with Gasteiger partial charge in [0.25, 0.3) is 5.91 Å². The number of carbonyl (C=O) groups excluding carboxylic acids is 1. The molecule has 0 unspecified atom stereocenters. The van der Waals surface area contributed by atoms with Crippen molar-refractivity contribution in [2.24, 2.45) is 0 Å². The Morgan fingerprint density at radius 3 is 2.75 bits per heavy atom. The fourth-order valence-corrected chi connectivity index (χ4v) is 2.61. The molecule has 1 amide bonds. The summed E-state index contributed by atoms with van der Waals surface area (Å²) >= 11 is 12.0. The molecule has 0 atom stereocenters. The molecule has 0 bridgehead atoms. The predicted molar refractivity (Wildman–Crippen MR) is 92.7 cm³/mol. The van der Waals surface area contributed by atoms with Crippen LogP contribution in [0.2, 0.25) is 10.0 Å². The van der Waals surface area contributed by atoms with E-state index in [2.05, 4.69) is 15.5 Å². The summed E-state index contributed by atoms with van der Waals surface area (Å²) in [5.74, 6) is 0.712. The van der Waals surface area contributed by atoms with Crippen LogP contribution in [0.25, 0.3) is 0 Å². The molecule has 0 aliphatic heterocycles. The van der Waals surface area contributed by atoms with Gasteiger partial charge in [-0.25, -0.2) is 0 Å². The first-order valence-corrected chi connectivity index (χ1v) is 7.92. The molecule has 3 rings (SSSR count). The van der Waals surface area contributed by atoms with E-state index < -0.39 is 0 Å². The van der Waals surface area contributed by atoms with E-state index in [1.54, 1.807) is 25.1 Å². The maximum Gasteiger partial charge on any atom is 0.257 e. The number of para-hydroxylation sites is 1. The Bertz CT molecular complexity index is 893. The highest BCUT2D eigenvalue weighted by molar-refractivity contribution is 6.36. The molecule has 7 heteroatoms. The van der Waals surface area contributed by atoms with Crippen LogP contribution in [0.1, 0.15) is 27.6 Å². The molecule has 5 nitrogen and oxygen atoms in total. The smallest absolute Gasteiger partial charge is 0.257 e. The van der Waals surface area contributed by atoms with Crippen LogP contribution < -0.4 is 5.32 Å². The lowest BCUT2D eigenvalue weighted by Gasteiger charge is -2.11. The Kier molecular flexibility index (Phi) is 4.83. The predicted octanol–water partition coefficient (Wildman–Crippen LogP) is 4.53. The van der Waals surface area contributed by atoms with Crippen molar-refractivity contribution in [2.75, 3.05) is 5.32 Å². The molecule has 0 aliphatic carbocycles. The van der Waals surface area contributed by atoms with Crippen LogP contribution in [0.15, 0.2) is 47.0 Å². The average molecular weight is 362 g/mol. The first kappa shape index (κ1) is 16.5. The summed E-state index contributed by atoms with van der Waals surface area (Å²) < 4.78 is 5.14. The van der Waals surface area contributed by atoms with E-state index in [0.717, 1.165) is 5.56 Å². The van der Waals surface area contributed by atoms with Gasteiger partial charge in [-0.2, -0.15) is 4.98 Å². The van der Waals surface area contributed by atoms with E-state index in [4.69, 9.17) is 27.7 Å². The number of nitrogens with zero attached hydrogens (tertiary/aromatic N) is 2. The number of amides is 1. The zero-order chi connectivity index (χ0) is 17.1. The summed E-state index contributed by atoms with van der Waals surface area (Å²) in [6, 6.07) is 12.1. The van der Waals surface area contributed by atoms with Gasteiger partial charge >= 0.3 is 0 Å². The molecule has 1 N–H and O–H groups in total. The highest BCUT2D eigenvalue weighted by atomic mass is 35.5.